The zero-order valence-corrected chi connectivity index (χ0v) is 21.8. The van der Waals surface area contributed by atoms with Gasteiger partial charge in [-0.2, -0.15) is 0 Å². The lowest BCUT2D eigenvalue weighted by Crippen LogP contribution is -2.53. The smallest absolute Gasteiger partial charge is 0.430 e. The van der Waals surface area contributed by atoms with E-state index in [4.69, 9.17) is 9.47 Å². The summed E-state index contributed by atoms with van der Waals surface area (Å²) in [5.41, 5.74) is 2.66. The normalized spacial score (nSPS) is 48.9. The molecule has 8 aliphatic carbocycles. The lowest BCUT2D eigenvalue weighted by atomic mass is 9.49. The predicted octanol–water partition coefficient (Wildman–Crippen LogP) is 7.18. The van der Waals surface area contributed by atoms with E-state index in [2.05, 4.69) is 26.8 Å². The van der Waals surface area contributed by atoms with Crippen molar-refractivity contribution >= 4 is 11.9 Å². The summed E-state index contributed by atoms with van der Waals surface area (Å²) in [6.45, 7) is 6.94. The van der Waals surface area contributed by atoms with Crippen molar-refractivity contribution in [2.24, 2.45) is 46.3 Å². The minimum absolute atomic E-state index is 0.0367. The van der Waals surface area contributed by atoms with E-state index in [1.54, 1.807) is 0 Å². The van der Waals surface area contributed by atoms with Crippen LogP contribution < -0.4 is 0 Å². The SMILES string of the molecule is CC1(C)CC(=O)C=C2CC[C@H]3C4=CC[C@H](OC(=O)OC56CC7CC(CC(C7)C5)C6)[C@@]4(C)CC[C@@H]3[C@H]21. The molecule has 4 nitrogen and oxygen atoms in total. The van der Waals surface area contributed by atoms with Gasteiger partial charge in [-0.05, 0) is 111 Å². The molecule has 0 saturated heterocycles. The van der Waals surface area contributed by atoms with Crippen molar-refractivity contribution < 1.29 is 19.1 Å². The van der Waals surface area contributed by atoms with Crippen LogP contribution in [0.2, 0.25) is 0 Å². The number of carbonyl (C=O) groups is 2. The van der Waals surface area contributed by atoms with Crippen molar-refractivity contribution in [2.45, 2.75) is 110 Å². The van der Waals surface area contributed by atoms with E-state index in [9.17, 15) is 9.59 Å². The third kappa shape index (κ3) is 3.44. The molecule has 5 atom stereocenters. The number of allylic oxidation sites excluding steroid dienone is 2. The number of ketones is 1. The summed E-state index contributed by atoms with van der Waals surface area (Å²) in [6.07, 6.45) is 16.9. The molecule has 35 heavy (non-hydrogen) atoms. The first-order chi connectivity index (χ1) is 16.6. The molecular formula is C31H42O4. The van der Waals surface area contributed by atoms with Gasteiger partial charge >= 0.3 is 6.16 Å². The van der Waals surface area contributed by atoms with E-state index in [1.807, 2.05) is 6.08 Å². The van der Waals surface area contributed by atoms with Crippen LogP contribution in [0, 0.1) is 46.3 Å². The van der Waals surface area contributed by atoms with Gasteiger partial charge in [-0.3, -0.25) is 4.79 Å². The third-order valence-corrected chi connectivity index (χ3v) is 11.7. The van der Waals surface area contributed by atoms with E-state index < -0.39 is 6.16 Å². The molecule has 0 heterocycles. The molecule has 0 aromatic carbocycles. The van der Waals surface area contributed by atoms with E-state index in [0.717, 1.165) is 69.1 Å². The Balaban J connectivity index is 1.06. The van der Waals surface area contributed by atoms with Gasteiger partial charge in [0.25, 0.3) is 0 Å². The van der Waals surface area contributed by atoms with E-state index in [0.29, 0.717) is 30.0 Å². The number of ether oxygens (including phenoxy) is 2. The van der Waals surface area contributed by atoms with Gasteiger partial charge in [0.2, 0.25) is 0 Å². The summed E-state index contributed by atoms with van der Waals surface area (Å²) < 4.78 is 12.4. The van der Waals surface area contributed by atoms with Gasteiger partial charge in [0.15, 0.2) is 5.78 Å². The maximum atomic E-state index is 13.2. The van der Waals surface area contributed by atoms with Gasteiger partial charge in [-0.15, -0.1) is 0 Å². The molecule has 0 radical (unpaired) electrons. The second-order valence-corrected chi connectivity index (χ2v) is 14.5. The highest BCUT2D eigenvalue weighted by molar-refractivity contribution is 5.92. The van der Waals surface area contributed by atoms with Crippen LogP contribution in [0.4, 0.5) is 4.79 Å². The predicted molar refractivity (Wildman–Crippen MR) is 133 cm³/mol. The van der Waals surface area contributed by atoms with Crippen molar-refractivity contribution in [1.29, 1.82) is 0 Å². The van der Waals surface area contributed by atoms with Crippen LogP contribution >= 0.6 is 0 Å². The van der Waals surface area contributed by atoms with Gasteiger partial charge < -0.3 is 9.47 Å². The number of carbonyl (C=O) groups excluding carboxylic acids is 2. The molecule has 0 aliphatic heterocycles. The molecule has 4 bridgehead atoms. The minimum Gasteiger partial charge on any atom is -0.430 e. The van der Waals surface area contributed by atoms with Gasteiger partial charge in [-0.25, -0.2) is 4.79 Å². The summed E-state index contributed by atoms with van der Waals surface area (Å²) in [6, 6.07) is 0. The summed E-state index contributed by atoms with van der Waals surface area (Å²) >= 11 is 0. The van der Waals surface area contributed by atoms with E-state index >= 15 is 0 Å². The highest BCUT2D eigenvalue weighted by atomic mass is 16.7. The molecule has 0 aromatic heterocycles. The lowest BCUT2D eigenvalue weighted by molar-refractivity contribution is -0.150. The molecule has 0 N–H and O–H groups in total. The first kappa shape index (κ1) is 22.6. The molecule has 6 fully saturated rings. The molecule has 0 aromatic rings. The van der Waals surface area contributed by atoms with Gasteiger partial charge in [0, 0.05) is 18.3 Å². The van der Waals surface area contributed by atoms with Crippen molar-refractivity contribution in [1.82, 2.24) is 0 Å². The zero-order chi connectivity index (χ0) is 24.2. The van der Waals surface area contributed by atoms with Gasteiger partial charge in [0.1, 0.15) is 11.7 Å². The monoisotopic (exact) mass is 478 g/mol. The Morgan fingerprint density at radius 1 is 1.00 bits per heavy atom. The Morgan fingerprint density at radius 2 is 1.69 bits per heavy atom. The lowest BCUT2D eigenvalue weighted by Gasteiger charge is -2.56. The largest absolute Gasteiger partial charge is 0.509 e. The second kappa shape index (κ2) is 7.48. The molecule has 4 heteroatoms. The molecule has 8 aliphatic rings. The van der Waals surface area contributed by atoms with Crippen LogP contribution in [-0.4, -0.2) is 23.6 Å². The standard InChI is InChI=1S/C31H42O4/c1-29(2)17-22(32)13-21-4-5-23-24(27(21)29)8-9-30(3)25(23)6-7-26(30)34-28(33)35-31-14-18-10-19(15-31)12-20(11-18)16-31/h6,13,18-20,23-24,26-27H,4-5,7-12,14-17H2,1-3H3/t18?,19?,20?,23-,24+,26+,27+,30+,31?/m1/s1. The molecule has 6 saturated carbocycles. The summed E-state index contributed by atoms with van der Waals surface area (Å²) in [5.74, 6) is 4.24. The molecule has 190 valence electrons. The number of rotatable bonds is 2. The fourth-order valence-corrected chi connectivity index (χ4v) is 10.9. The van der Waals surface area contributed by atoms with Crippen LogP contribution in [-0.2, 0) is 14.3 Å². The van der Waals surface area contributed by atoms with Gasteiger partial charge in [0.05, 0.1) is 0 Å². The maximum Gasteiger partial charge on any atom is 0.509 e. The summed E-state index contributed by atoms with van der Waals surface area (Å²) in [5, 5.41) is 0. The fraction of sp³-hybridized carbons (Fsp3) is 0.806. The van der Waals surface area contributed by atoms with E-state index in [1.165, 1.54) is 30.4 Å². The average molecular weight is 479 g/mol. The Bertz CT molecular complexity index is 982. The molecule has 0 spiro atoms. The first-order valence-corrected chi connectivity index (χ1v) is 14.5. The summed E-state index contributed by atoms with van der Waals surface area (Å²) in [7, 11) is 0. The van der Waals surface area contributed by atoms with Crippen molar-refractivity contribution in [3.8, 4) is 0 Å². The zero-order valence-electron chi connectivity index (χ0n) is 21.8. The Labute approximate surface area is 210 Å². The number of hydrogen-bond acceptors (Lipinski definition) is 4. The highest BCUT2D eigenvalue weighted by Gasteiger charge is 2.57. The first-order valence-electron chi connectivity index (χ1n) is 14.5. The van der Waals surface area contributed by atoms with Crippen molar-refractivity contribution in [3.63, 3.8) is 0 Å². The van der Waals surface area contributed by atoms with Crippen molar-refractivity contribution in [3.05, 3.63) is 23.3 Å². The number of hydrogen-bond donors (Lipinski definition) is 0. The van der Waals surface area contributed by atoms with Crippen LogP contribution in [0.25, 0.3) is 0 Å². The topological polar surface area (TPSA) is 52.6 Å². The van der Waals surface area contributed by atoms with E-state index in [-0.39, 0.29) is 22.5 Å². The Morgan fingerprint density at radius 3 is 2.37 bits per heavy atom. The molecule has 0 unspecified atom stereocenters. The quantitative estimate of drug-likeness (QED) is 0.312. The van der Waals surface area contributed by atoms with Crippen LogP contribution in [0.1, 0.15) is 97.8 Å². The second-order valence-electron chi connectivity index (χ2n) is 14.5. The molecular weight excluding hydrogens is 436 g/mol. The van der Waals surface area contributed by atoms with Crippen LogP contribution in [0.5, 0.6) is 0 Å². The number of fused-ring (bicyclic) bond motifs is 5. The fourth-order valence-electron chi connectivity index (χ4n) is 10.9. The average Bonchev–Trinajstić information content (AvgIpc) is 3.07. The maximum absolute atomic E-state index is 13.2. The summed E-state index contributed by atoms with van der Waals surface area (Å²) in [4.78, 5) is 25.5. The Kier molecular flexibility index (Phi) is 4.83. The molecule has 0 amide bonds. The Hall–Kier alpha value is -1.58. The minimum atomic E-state index is -0.407. The van der Waals surface area contributed by atoms with Gasteiger partial charge in [-0.1, -0.05) is 38.0 Å². The third-order valence-electron chi connectivity index (χ3n) is 11.7. The highest BCUT2D eigenvalue weighted by Crippen LogP contribution is 2.63. The van der Waals surface area contributed by atoms with Crippen molar-refractivity contribution in [2.75, 3.05) is 0 Å². The van der Waals surface area contributed by atoms with Crippen LogP contribution in [0.3, 0.4) is 0 Å². The molecule has 8 rings (SSSR count). The van der Waals surface area contributed by atoms with Crippen LogP contribution in [0.15, 0.2) is 23.3 Å².